The smallest absolute Gasteiger partial charge is 0.128 e. The summed E-state index contributed by atoms with van der Waals surface area (Å²) in [7, 11) is 3.36. The molecule has 4 aromatic carbocycles. The van der Waals surface area contributed by atoms with Crippen LogP contribution in [0.3, 0.4) is 0 Å². The summed E-state index contributed by atoms with van der Waals surface area (Å²) in [5.41, 5.74) is 9.95. The average Bonchev–Trinajstić information content (AvgIpc) is 3.17. The van der Waals surface area contributed by atoms with Gasteiger partial charge in [0.25, 0.3) is 0 Å². The van der Waals surface area contributed by atoms with Crippen LogP contribution in [0.4, 0.5) is 0 Å². The third kappa shape index (κ3) is 9.17. The lowest BCUT2D eigenvalue weighted by atomic mass is 9.81. The number of methoxy groups -OCH3 is 2. The minimum absolute atomic E-state index is 0.00229. The van der Waals surface area contributed by atoms with E-state index in [4.69, 9.17) is 19.5 Å². The molecule has 1 aliphatic rings. The molecule has 0 heterocycles. The van der Waals surface area contributed by atoms with Gasteiger partial charge in [-0.15, -0.1) is 0 Å². The van der Waals surface area contributed by atoms with Crippen LogP contribution in [-0.2, 0) is 10.8 Å². The summed E-state index contributed by atoms with van der Waals surface area (Å²) in [6.45, 7) is 21.7. The molecule has 0 spiro atoms. The highest BCUT2D eigenvalue weighted by atomic mass is 16.5. The highest BCUT2D eigenvalue weighted by Gasteiger charge is 2.28. The van der Waals surface area contributed by atoms with E-state index >= 15 is 0 Å². The fourth-order valence-corrected chi connectivity index (χ4v) is 8.48. The highest BCUT2D eigenvalue weighted by molar-refractivity contribution is 5.87. The molecule has 56 heavy (non-hydrogen) atoms. The lowest BCUT2D eigenvalue weighted by molar-refractivity contribution is 0.389. The normalized spacial score (nSPS) is 17.7. The number of phenolic OH excluding ortho intramolecular Hbond substituents is 2. The summed E-state index contributed by atoms with van der Waals surface area (Å²) in [5, 5.41) is 23.8. The van der Waals surface area contributed by atoms with Crippen LogP contribution in [0.5, 0.6) is 23.0 Å². The van der Waals surface area contributed by atoms with Crippen LogP contribution >= 0.6 is 0 Å². The molecule has 2 N–H and O–H groups in total. The predicted molar refractivity (Wildman–Crippen MR) is 235 cm³/mol. The molecule has 0 aliphatic heterocycles. The van der Waals surface area contributed by atoms with Crippen LogP contribution in [0.2, 0.25) is 0 Å². The van der Waals surface area contributed by atoms with Gasteiger partial charge in [-0.3, -0.25) is 9.98 Å². The maximum atomic E-state index is 11.9. The van der Waals surface area contributed by atoms with Crippen LogP contribution in [0, 0.1) is 13.8 Å². The van der Waals surface area contributed by atoms with E-state index in [0.29, 0.717) is 11.1 Å². The van der Waals surface area contributed by atoms with E-state index in [1.54, 1.807) is 14.2 Å². The van der Waals surface area contributed by atoms with Gasteiger partial charge >= 0.3 is 0 Å². The zero-order chi connectivity index (χ0) is 40.9. The Kier molecular flexibility index (Phi) is 13.4. The number of benzene rings is 4. The molecule has 6 heteroatoms. The number of aromatic hydroxyl groups is 2. The minimum atomic E-state index is -0.0688. The van der Waals surface area contributed by atoms with Crippen molar-refractivity contribution in [1.29, 1.82) is 0 Å². The topological polar surface area (TPSA) is 83.6 Å². The maximum Gasteiger partial charge on any atom is 0.128 e. The first kappa shape index (κ1) is 42.6. The lowest BCUT2D eigenvalue weighted by Gasteiger charge is -2.26. The zero-order valence-corrected chi connectivity index (χ0v) is 36.1. The molecule has 5 rings (SSSR count). The van der Waals surface area contributed by atoms with Gasteiger partial charge in [0.2, 0.25) is 0 Å². The molecule has 4 aromatic rings. The van der Waals surface area contributed by atoms with Crippen molar-refractivity contribution in [2.45, 2.75) is 143 Å². The number of phenols is 2. The highest BCUT2D eigenvalue weighted by Crippen LogP contribution is 2.44. The summed E-state index contributed by atoms with van der Waals surface area (Å²) in [6, 6.07) is 21.3. The average molecular weight is 759 g/mol. The minimum Gasteiger partial charge on any atom is -0.507 e. The van der Waals surface area contributed by atoms with Crippen LogP contribution < -0.4 is 9.47 Å². The summed E-state index contributed by atoms with van der Waals surface area (Å²) in [6.07, 6.45) is 9.19. The monoisotopic (exact) mass is 759 g/mol. The Hall–Kier alpha value is -4.58. The second-order valence-corrected chi connectivity index (χ2v) is 17.8. The third-order valence-electron chi connectivity index (χ3n) is 12.0. The van der Waals surface area contributed by atoms with E-state index in [9.17, 15) is 10.2 Å². The predicted octanol–water partition coefficient (Wildman–Crippen LogP) is 12.3. The Morgan fingerprint density at radius 3 is 1.25 bits per heavy atom. The molecule has 0 aromatic heterocycles. The van der Waals surface area contributed by atoms with E-state index in [0.717, 1.165) is 72.3 Å². The molecule has 0 saturated heterocycles. The van der Waals surface area contributed by atoms with Crippen molar-refractivity contribution in [3.63, 3.8) is 0 Å². The number of rotatable bonds is 12. The Balaban J connectivity index is 1.47. The van der Waals surface area contributed by atoms with E-state index in [1.165, 1.54) is 22.3 Å². The van der Waals surface area contributed by atoms with Crippen molar-refractivity contribution < 1.29 is 19.7 Å². The molecule has 1 fully saturated rings. The number of ether oxygens (including phenoxy) is 2. The standard InChI is InChI=1S/C50H66N2O4/c1-13-39(33-19-23-37(24-20-33)49(5,6)7)45-31(3)43(55-11)27-35(47(45)53)29-51-41-17-15-16-18-42(41)52-30-36-28-44(56-12)32(4)46(48(36)54)40(14-2)34-21-25-38(26-22-34)50(8,9)10/h19-30,39-42,53-54H,13-18H2,1-12H3/t39-,40-,41-,42-/m0/s1. The van der Waals surface area contributed by atoms with Crippen molar-refractivity contribution in [3.05, 3.63) is 116 Å². The third-order valence-corrected chi connectivity index (χ3v) is 12.0. The van der Waals surface area contributed by atoms with Crippen molar-refractivity contribution in [1.82, 2.24) is 0 Å². The molecular weight excluding hydrogens is 693 g/mol. The van der Waals surface area contributed by atoms with Gasteiger partial charge in [-0.2, -0.15) is 0 Å². The van der Waals surface area contributed by atoms with Crippen LogP contribution in [-0.4, -0.2) is 48.9 Å². The number of hydrogen-bond acceptors (Lipinski definition) is 6. The fraction of sp³-hybridized carbons (Fsp3) is 0.480. The molecule has 0 amide bonds. The van der Waals surface area contributed by atoms with E-state index < -0.39 is 0 Å². The number of nitrogens with zero attached hydrogens (tertiary/aromatic N) is 2. The summed E-state index contributed by atoms with van der Waals surface area (Å²) >= 11 is 0. The van der Waals surface area contributed by atoms with Gasteiger partial charge in [-0.25, -0.2) is 0 Å². The molecule has 6 nitrogen and oxygen atoms in total. The molecule has 0 bridgehead atoms. The first-order valence-corrected chi connectivity index (χ1v) is 20.6. The van der Waals surface area contributed by atoms with Gasteiger partial charge in [0.15, 0.2) is 0 Å². The van der Waals surface area contributed by atoms with Crippen LogP contribution in [0.1, 0.15) is 161 Å². The summed E-state index contributed by atoms with van der Waals surface area (Å²) < 4.78 is 11.7. The van der Waals surface area contributed by atoms with E-state index in [1.807, 2.05) is 38.4 Å². The molecule has 0 radical (unpaired) electrons. The second-order valence-electron chi connectivity index (χ2n) is 17.8. The summed E-state index contributed by atoms with van der Waals surface area (Å²) in [5.74, 6) is 1.96. The van der Waals surface area contributed by atoms with Gasteiger partial charge in [0, 0.05) is 46.5 Å². The largest absolute Gasteiger partial charge is 0.507 e. The SMILES string of the molecule is CC[C@@H](c1ccc(C(C)(C)C)cc1)c1c(C)c(OC)cc(C=N[C@H]2CCCC[C@@H]2N=Cc2cc(OC)c(C)c([C@@H](CC)c3ccc(C(C)(C)C)cc3)c2O)c1O. The van der Waals surface area contributed by atoms with Gasteiger partial charge in [0.05, 0.1) is 26.3 Å². The Morgan fingerprint density at radius 2 is 0.964 bits per heavy atom. The van der Waals surface area contributed by atoms with Crippen molar-refractivity contribution in [2.75, 3.05) is 14.2 Å². The molecule has 300 valence electrons. The number of hydrogen-bond donors (Lipinski definition) is 2. The lowest BCUT2D eigenvalue weighted by Crippen LogP contribution is -2.27. The molecule has 4 atom stereocenters. The Bertz CT molecular complexity index is 1870. The quantitative estimate of drug-likeness (QED) is 0.141. The Labute approximate surface area is 337 Å². The van der Waals surface area contributed by atoms with Crippen molar-refractivity contribution in [3.8, 4) is 23.0 Å². The van der Waals surface area contributed by atoms with Gasteiger partial charge in [0.1, 0.15) is 23.0 Å². The molecule has 0 unspecified atom stereocenters. The maximum absolute atomic E-state index is 11.9. The first-order chi connectivity index (χ1) is 26.5. The van der Waals surface area contributed by atoms with Crippen molar-refractivity contribution in [2.24, 2.45) is 9.98 Å². The second kappa shape index (κ2) is 17.7. The molecule has 1 saturated carbocycles. The van der Waals surface area contributed by atoms with E-state index in [2.05, 4.69) is 104 Å². The van der Waals surface area contributed by atoms with E-state index in [-0.39, 0.29) is 46.2 Å². The van der Waals surface area contributed by atoms with Crippen LogP contribution in [0.25, 0.3) is 0 Å². The van der Waals surface area contributed by atoms with Gasteiger partial charge in [-0.1, -0.05) is 117 Å². The first-order valence-electron chi connectivity index (χ1n) is 20.6. The van der Waals surface area contributed by atoms with Gasteiger partial charge in [-0.05, 0) is 95.9 Å². The molecular formula is C50H66N2O4. The van der Waals surface area contributed by atoms with Crippen LogP contribution in [0.15, 0.2) is 70.6 Å². The van der Waals surface area contributed by atoms with Gasteiger partial charge < -0.3 is 19.7 Å². The Morgan fingerprint density at radius 1 is 0.625 bits per heavy atom. The molecule has 1 aliphatic carbocycles. The van der Waals surface area contributed by atoms with Crippen molar-refractivity contribution >= 4 is 12.4 Å². The summed E-state index contributed by atoms with van der Waals surface area (Å²) in [4.78, 5) is 10.2. The fourth-order valence-electron chi connectivity index (χ4n) is 8.48. The number of aliphatic imine (C=N–C) groups is 2. The zero-order valence-electron chi connectivity index (χ0n) is 36.1.